The lowest BCUT2D eigenvalue weighted by molar-refractivity contribution is -0.131. The number of nitrogens with zero attached hydrogens (tertiary/aromatic N) is 3. The van der Waals surface area contributed by atoms with Gasteiger partial charge in [0.05, 0.1) is 12.6 Å². The lowest BCUT2D eigenvalue weighted by Gasteiger charge is -2.35. The molecule has 1 N–H and O–H groups in total. The van der Waals surface area contributed by atoms with Crippen LogP contribution in [0.3, 0.4) is 0 Å². The van der Waals surface area contributed by atoms with Crippen molar-refractivity contribution in [3.05, 3.63) is 29.8 Å². The average Bonchev–Trinajstić information content (AvgIpc) is 3.34. The van der Waals surface area contributed by atoms with E-state index in [1.54, 1.807) is 0 Å². The molecular formula is C24H36N4O3. The van der Waals surface area contributed by atoms with Crippen molar-refractivity contribution in [3.8, 4) is 5.75 Å². The van der Waals surface area contributed by atoms with Crippen LogP contribution in [0.2, 0.25) is 0 Å². The van der Waals surface area contributed by atoms with Gasteiger partial charge in [-0.15, -0.1) is 0 Å². The molecule has 0 unspecified atom stereocenters. The van der Waals surface area contributed by atoms with E-state index in [2.05, 4.69) is 10.2 Å². The van der Waals surface area contributed by atoms with Gasteiger partial charge in [0.2, 0.25) is 5.91 Å². The van der Waals surface area contributed by atoms with E-state index in [0.29, 0.717) is 32.3 Å². The van der Waals surface area contributed by atoms with Gasteiger partial charge in [-0.3, -0.25) is 9.69 Å². The van der Waals surface area contributed by atoms with E-state index in [4.69, 9.17) is 4.74 Å². The Labute approximate surface area is 185 Å². The third-order valence-corrected chi connectivity index (χ3v) is 6.67. The summed E-state index contributed by atoms with van der Waals surface area (Å²) in [6.07, 6.45) is 8.65. The van der Waals surface area contributed by atoms with Crippen LogP contribution in [0.25, 0.3) is 0 Å². The number of hydrogen-bond donors (Lipinski definition) is 1. The quantitative estimate of drug-likeness (QED) is 0.757. The van der Waals surface area contributed by atoms with Crippen LogP contribution in [0.15, 0.2) is 24.3 Å². The highest BCUT2D eigenvalue weighted by atomic mass is 16.5. The van der Waals surface area contributed by atoms with E-state index < -0.39 is 0 Å². The zero-order valence-electron chi connectivity index (χ0n) is 18.6. The van der Waals surface area contributed by atoms with Crippen molar-refractivity contribution in [3.63, 3.8) is 0 Å². The molecule has 1 aromatic carbocycles. The van der Waals surface area contributed by atoms with Crippen LogP contribution in [0.5, 0.6) is 5.75 Å². The van der Waals surface area contributed by atoms with E-state index in [1.807, 2.05) is 34.1 Å². The van der Waals surface area contributed by atoms with Gasteiger partial charge < -0.3 is 19.9 Å². The lowest BCUT2D eigenvalue weighted by atomic mass is 9.98. The molecule has 7 heteroatoms. The van der Waals surface area contributed by atoms with Crippen molar-refractivity contribution in [1.29, 1.82) is 0 Å². The Morgan fingerprint density at radius 1 is 0.903 bits per heavy atom. The third-order valence-electron chi connectivity index (χ3n) is 6.67. The summed E-state index contributed by atoms with van der Waals surface area (Å²) in [5, 5.41) is 3.04. The maximum Gasteiger partial charge on any atom is 0.317 e. The lowest BCUT2D eigenvalue weighted by Crippen LogP contribution is -2.53. The summed E-state index contributed by atoms with van der Waals surface area (Å²) in [5.74, 6) is 1.13. The summed E-state index contributed by atoms with van der Waals surface area (Å²) >= 11 is 0. The summed E-state index contributed by atoms with van der Waals surface area (Å²) in [6.45, 7) is 5.57. The SMILES string of the molecule is O=C(CN1CCN(C(=O)NCc2cccc(OC3CCCCC3)c2)CC1)N1CCCC1. The zero-order chi connectivity index (χ0) is 21.5. The van der Waals surface area contributed by atoms with E-state index in [-0.39, 0.29) is 11.9 Å². The van der Waals surface area contributed by atoms with Gasteiger partial charge in [-0.25, -0.2) is 4.79 Å². The van der Waals surface area contributed by atoms with Crippen LogP contribution in [0.1, 0.15) is 50.5 Å². The molecule has 3 fully saturated rings. The van der Waals surface area contributed by atoms with E-state index in [0.717, 1.165) is 63.2 Å². The fourth-order valence-corrected chi connectivity index (χ4v) is 4.76. The molecule has 3 amide bonds. The van der Waals surface area contributed by atoms with E-state index in [9.17, 15) is 9.59 Å². The maximum atomic E-state index is 12.6. The number of likely N-dealkylation sites (tertiary alicyclic amines) is 1. The molecule has 2 saturated heterocycles. The van der Waals surface area contributed by atoms with Crippen LogP contribution in [0, 0.1) is 0 Å². The number of carbonyl (C=O) groups is 2. The predicted molar refractivity (Wildman–Crippen MR) is 120 cm³/mol. The fourth-order valence-electron chi connectivity index (χ4n) is 4.76. The second-order valence-corrected chi connectivity index (χ2v) is 9.04. The van der Waals surface area contributed by atoms with Gasteiger partial charge in [-0.2, -0.15) is 0 Å². The summed E-state index contributed by atoms with van der Waals surface area (Å²) in [7, 11) is 0. The third kappa shape index (κ3) is 6.35. The van der Waals surface area contributed by atoms with Gasteiger partial charge >= 0.3 is 6.03 Å². The Balaban J connectivity index is 1.18. The minimum atomic E-state index is -0.0379. The number of piperazine rings is 1. The summed E-state index contributed by atoms with van der Waals surface area (Å²) in [4.78, 5) is 30.9. The Morgan fingerprint density at radius 3 is 2.39 bits per heavy atom. The van der Waals surface area contributed by atoms with Crippen molar-refractivity contribution in [2.24, 2.45) is 0 Å². The van der Waals surface area contributed by atoms with Crippen molar-refractivity contribution in [2.45, 2.75) is 57.6 Å². The first kappa shape index (κ1) is 21.9. The first-order chi connectivity index (χ1) is 15.2. The molecule has 0 atom stereocenters. The number of rotatable bonds is 6. The molecule has 0 bridgehead atoms. The molecule has 170 valence electrons. The minimum absolute atomic E-state index is 0.0379. The van der Waals surface area contributed by atoms with Gasteiger partial charge in [0.1, 0.15) is 5.75 Å². The first-order valence-corrected chi connectivity index (χ1v) is 12.0. The molecule has 3 aliphatic rings. The number of hydrogen-bond acceptors (Lipinski definition) is 4. The molecule has 0 aromatic heterocycles. The second kappa shape index (κ2) is 10.8. The number of amides is 3. The van der Waals surface area contributed by atoms with Crippen molar-refractivity contribution in [2.75, 3.05) is 45.8 Å². The first-order valence-electron chi connectivity index (χ1n) is 12.0. The molecule has 1 aromatic rings. The molecule has 4 rings (SSSR count). The highest BCUT2D eigenvalue weighted by molar-refractivity contribution is 5.78. The van der Waals surface area contributed by atoms with Gasteiger partial charge in [-0.1, -0.05) is 18.6 Å². The zero-order valence-corrected chi connectivity index (χ0v) is 18.6. The van der Waals surface area contributed by atoms with Crippen LogP contribution in [-0.2, 0) is 11.3 Å². The largest absolute Gasteiger partial charge is 0.490 e. The molecule has 1 aliphatic carbocycles. The molecule has 7 nitrogen and oxygen atoms in total. The van der Waals surface area contributed by atoms with Crippen LogP contribution in [-0.4, -0.2) is 78.6 Å². The van der Waals surface area contributed by atoms with Gasteiger partial charge in [0, 0.05) is 45.8 Å². The molecule has 1 saturated carbocycles. The Morgan fingerprint density at radius 2 is 1.65 bits per heavy atom. The molecule has 31 heavy (non-hydrogen) atoms. The molecule has 2 heterocycles. The smallest absolute Gasteiger partial charge is 0.317 e. The fraction of sp³-hybridized carbons (Fsp3) is 0.667. The summed E-state index contributed by atoms with van der Waals surface area (Å²) in [6, 6.07) is 8.02. The van der Waals surface area contributed by atoms with E-state index >= 15 is 0 Å². The van der Waals surface area contributed by atoms with Gasteiger partial charge in [0.25, 0.3) is 0 Å². The molecule has 0 radical (unpaired) electrons. The molecule has 2 aliphatic heterocycles. The highest BCUT2D eigenvalue weighted by Gasteiger charge is 2.25. The van der Waals surface area contributed by atoms with Crippen molar-refractivity contribution in [1.82, 2.24) is 20.0 Å². The minimum Gasteiger partial charge on any atom is -0.490 e. The average molecular weight is 429 g/mol. The summed E-state index contributed by atoms with van der Waals surface area (Å²) < 4.78 is 6.14. The van der Waals surface area contributed by atoms with Crippen molar-refractivity contribution < 1.29 is 14.3 Å². The maximum absolute atomic E-state index is 12.6. The Hall–Kier alpha value is -2.28. The summed E-state index contributed by atoms with van der Waals surface area (Å²) in [5.41, 5.74) is 1.05. The van der Waals surface area contributed by atoms with Crippen LogP contribution in [0.4, 0.5) is 4.79 Å². The van der Waals surface area contributed by atoms with Gasteiger partial charge in [0.15, 0.2) is 0 Å². The monoisotopic (exact) mass is 428 g/mol. The number of carbonyl (C=O) groups excluding carboxylic acids is 2. The molecule has 0 spiro atoms. The topological polar surface area (TPSA) is 65.1 Å². The number of benzene rings is 1. The number of nitrogens with one attached hydrogen (secondary N) is 1. The Bertz CT molecular complexity index is 736. The Kier molecular flexibility index (Phi) is 7.67. The van der Waals surface area contributed by atoms with E-state index in [1.165, 1.54) is 19.3 Å². The molecular weight excluding hydrogens is 392 g/mol. The standard InChI is InChI=1S/C24H36N4O3/c29-23(27-11-4-5-12-27)19-26-13-15-28(16-14-26)24(30)25-18-20-7-6-10-22(17-20)31-21-8-2-1-3-9-21/h6-7,10,17,21H,1-5,8-9,11-16,18-19H2,(H,25,30). The number of ether oxygens (including phenoxy) is 1. The van der Waals surface area contributed by atoms with Gasteiger partial charge in [-0.05, 0) is 56.2 Å². The predicted octanol–water partition coefficient (Wildman–Crippen LogP) is 2.85. The highest BCUT2D eigenvalue weighted by Crippen LogP contribution is 2.24. The normalized spacial score (nSPS) is 20.6. The number of urea groups is 1. The van der Waals surface area contributed by atoms with Crippen LogP contribution < -0.4 is 10.1 Å². The van der Waals surface area contributed by atoms with Crippen molar-refractivity contribution >= 4 is 11.9 Å². The van der Waals surface area contributed by atoms with Crippen LogP contribution >= 0.6 is 0 Å². The second-order valence-electron chi connectivity index (χ2n) is 9.04.